The summed E-state index contributed by atoms with van der Waals surface area (Å²) < 4.78 is 5.39. The second kappa shape index (κ2) is 5.26. The van der Waals surface area contributed by atoms with E-state index in [9.17, 15) is 0 Å². The summed E-state index contributed by atoms with van der Waals surface area (Å²) in [6.07, 6.45) is 4.68. The first-order chi connectivity index (χ1) is 6.29. The van der Waals surface area contributed by atoms with Crippen LogP contribution < -0.4 is 5.73 Å². The van der Waals surface area contributed by atoms with Crippen molar-refractivity contribution in [3.8, 4) is 11.8 Å². The number of ether oxygens (including phenoxy) is 1. The quantitative estimate of drug-likeness (QED) is 0.653. The minimum Gasteiger partial charge on any atom is -0.380 e. The Balaban J connectivity index is 2.24. The molecule has 1 fully saturated rings. The Bertz CT molecular complexity index is 200. The van der Waals surface area contributed by atoms with E-state index in [0.717, 1.165) is 18.8 Å². The molecule has 1 rings (SSSR count). The van der Waals surface area contributed by atoms with Crippen molar-refractivity contribution < 1.29 is 4.74 Å². The third-order valence-corrected chi connectivity index (χ3v) is 2.56. The average molecular weight is 181 g/mol. The first kappa shape index (κ1) is 10.6. The molecular weight excluding hydrogens is 162 g/mol. The molecule has 2 N–H and O–H groups in total. The highest BCUT2D eigenvalue weighted by Gasteiger charge is 2.34. The molecule has 0 amide bonds. The van der Waals surface area contributed by atoms with Gasteiger partial charge in [-0.1, -0.05) is 0 Å². The lowest BCUT2D eigenvalue weighted by Gasteiger charge is -2.21. The zero-order chi connectivity index (χ0) is 9.68. The molecule has 1 aliphatic carbocycles. The van der Waals surface area contributed by atoms with Gasteiger partial charge >= 0.3 is 0 Å². The van der Waals surface area contributed by atoms with Gasteiger partial charge in [0.2, 0.25) is 0 Å². The van der Waals surface area contributed by atoms with Gasteiger partial charge in [-0.3, -0.25) is 0 Å². The standard InChI is InChI=1S/C11H19NO/c1-3-4-5-6-10(12)11(13-2)9-7-8-9/h9-11H,5-8,12H2,1-2H3. The maximum absolute atomic E-state index is 6.02. The third kappa shape index (κ3) is 3.38. The van der Waals surface area contributed by atoms with Crippen LogP contribution in [-0.4, -0.2) is 19.3 Å². The fourth-order valence-corrected chi connectivity index (χ4v) is 1.67. The van der Waals surface area contributed by atoms with Crippen LogP contribution in [0.15, 0.2) is 0 Å². The van der Waals surface area contributed by atoms with E-state index < -0.39 is 0 Å². The van der Waals surface area contributed by atoms with Gasteiger partial charge in [0.15, 0.2) is 0 Å². The number of rotatable bonds is 5. The van der Waals surface area contributed by atoms with Crippen molar-refractivity contribution in [1.29, 1.82) is 0 Å². The van der Waals surface area contributed by atoms with E-state index in [1.807, 2.05) is 6.92 Å². The van der Waals surface area contributed by atoms with Crippen LogP contribution in [0.5, 0.6) is 0 Å². The van der Waals surface area contributed by atoms with E-state index in [1.54, 1.807) is 7.11 Å². The molecule has 0 aromatic rings. The predicted octanol–water partition coefficient (Wildman–Crippen LogP) is 1.54. The third-order valence-electron chi connectivity index (χ3n) is 2.56. The van der Waals surface area contributed by atoms with Crippen LogP contribution in [0.1, 0.15) is 32.6 Å². The van der Waals surface area contributed by atoms with Gasteiger partial charge in [-0.25, -0.2) is 0 Å². The highest BCUT2D eigenvalue weighted by atomic mass is 16.5. The molecule has 0 aliphatic heterocycles. The normalized spacial score (nSPS) is 20.2. The van der Waals surface area contributed by atoms with E-state index in [4.69, 9.17) is 10.5 Å². The molecule has 0 saturated heterocycles. The summed E-state index contributed by atoms with van der Waals surface area (Å²) in [5.41, 5.74) is 6.02. The molecule has 2 atom stereocenters. The van der Waals surface area contributed by atoms with Gasteiger partial charge in [-0.05, 0) is 32.1 Å². The van der Waals surface area contributed by atoms with Crippen LogP contribution in [0.3, 0.4) is 0 Å². The number of hydrogen-bond acceptors (Lipinski definition) is 2. The highest BCUT2D eigenvalue weighted by molar-refractivity contribution is 4.97. The number of methoxy groups -OCH3 is 1. The molecule has 2 unspecified atom stereocenters. The Labute approximate surface area is 80.8 Å². The maximum atomic E-state index is 6.02. The molecule has 2 nitrogen and oxygen atoms in total. The SMILES string of the molecule is CC#CCCC(N)C(OC)C1CC1. The molecule has 0 aromatic heterocycles. The lowest BCUT2D eigenvalue weighted by molar-refractivity contribution is 0.0607. The molecule has 0 heterocycles. The molecule has 1 saturated carbocycles. The zero-order valence-corrected chi connectivity index (χ0v) is 8.55. The zero-order valence-electron chi connectivity index (χ0n) is 8.55. The van der Waals surface area contributed by atoms with Crippen LogP contribution in [0.4, 0.5) is 0 Å². The van der Waals surface area contributed by atoms with Gasteiger partial charge in [-0.2, -0.15) is 0 Å². The largest absolute Gasteiger partial charge is 0.380 e. The lowest BCUT2D eigenvalue weighted by Crippen LogP contribution is -2.37. The fourth-order valence-electron chi connectivity index (χ4n) is 1.67. The van der Waals surface area contributed by atoms with Crippen molar-refractivity contribution in [1.82, 2.24) is 0 Å². The van der Waals surface area contributed by atoms with E-state index in [0.29, 0.717) is 0 Å². The summed E-state index contributed by atoms with van der Waals surface area (Å²) in [7, 11) is 1.76. The Hall–Kier alpha value is -0.520. The molecule has 0 bridgehead atoms. The monoisotopic (exact) mass is 181 g/mol. The second-order valence-electron chi connectivity index (χ2n) is 3.67. The summed E-state index contributed by atoms with van der Waals surface area (Å²) >= 11 is 0. The van der Waals surface area contributed by atoms with Gasteiger partial charge in [0.05, 0.1) is 6.10 Å². The number of hydrogen-bond donors (Lipinski definition) is 1. The minimum absolute atomic E-state index is 0.165. The van der Waals surface area contributed by atoms with Gasteiger partial charge < -0.3 is 10.5 Å². The van der Waals surface area contributed by atoms with E-state index >= 15 is 0 Å². The molecule has 13 heavy (non-hydrogen) atoms. The van der Waals surface area contributed by atoms with Gasteiger partial charge in [0, 0.05) is 19.6 Å². The molecule has 0 aromatic carbocycles. The summed E-state index contributed by atoms with van der Waals surface area (Å²) in [5.74, 6) is 6.63. The Morgan fingerprint density at radius 3 is 2.69 bits per heavy atom. The van der Waals surface area contributed by atoms with Gasteiger partial charge in [0.25, 0.3) is 0 Å². The van der Waals surface area contributed by atoms with E-state index in [1.165, 1.54) is 12.8 Å². The Morgan fingerprint density at radius 2 is 2.23 bits per heavy atom. The smallest absolute Gasteiger partial charge is 0.0750 e. The van der Waals surface area contributed by atoms with Gasteiger partial charge in [-0.15, -0.1) is 11.8 Å². The van der Waals surface area contributed by atoms with Crippen molar-refractivity contribution in [2.75, 3.05) is 7.11 Å². The topological polar surface area (TPSA) is 35.2 Å². The molecule has 74 valence electrons. The minimum atomic E-state index is 0.165. The summed E-state index contributed by atoms with van der Waals surface area (Å²) in [6, 6.07) is 0.165. The van der Waals surface area contributed by atoms with Crippen LogP contribution in [0.25, 0.3) is 0 Å². The van der Waals surface area contributed by atoms with Crippen molar-refractivity contribution in [2.45, 2.75) is 44.8 Å². The van der Waals surface area contributed by atoms with Gasteiger partial charge in [0.1, 0.15) is 0 Å². The summed E-state index contributed by atoms with van der Waals surface area (Å²) in [4.78, 5) is 0. The Kier molecular flexibility index (Phi) is 4.27. The molecule has 0 spiro atoms. The molecule has 2 heteroatoms. The number of nitrogens with two attached hydrogens (primary N) is 1. The van der Waals surface area contributed by atoms with Crippen LogP contribution in [0.2, 0.25) is 0 Å². The van der Waals surface area contributed by atoms with Crippen molar-refractivity contribution >= 4 is 0 Å². The lowest BCUT2D eigenvalue weighted by atomic mass is 10.0. The molecular formula is C11H19NO. The highest BCUT2D eigenvalue weighted by Crippen LogP contribution is 2.35. The fraction of sp³-hybridized carbons (Fsp3) is 0.818. The van der Waals surface area contributed by atoms with Crippen LogP contribution in [-0.2, 0) is 4.74 Å². The summed E-state index contributed by atoms with van der Waals surface area (Å²) in [5, 5.41) is 0. The van der Waals surface area contributed by atoms with Crippen molar-refractivity contribution in [2.24, 2.45) is 11.7 Å². The van der Waals surface area contributed by atoms with Crippen LogP contribution >= 0.6 is 0 Å². The molecule has 1 aliphatic rings. The van der Waals surface area contributed by atoms with E-state index in [-0.39, 0.29) is 12.1 Å². The summed E-state index contributed by atoms with van der Waals surface area (Å²) in [6.45, 7) is 1.86. The first-order valence-electron chi connectivity index (χ1n) is 4.97. The maximum Gasteiger partial charge on any atom is 0.0750 e. The average Bonchev–Trinajstić information content (AvgIpc) is 2.90. The van der Waals surface area contributed by atoms with Crippen LogP contribution in [0, 0.1) is 17.8 Å². The molecule has 0 radical (unpaired) electrons. The van der Waals surface area contributed by atoms with E-state index in [2.05, 4.69) is 11.8 Å². The Morgan fingerprint density at radius 1 is 1.54 bits per heavy atom. The second-order valence-corrected chi connectivity index (χ2v) is 3.67. The van der Waals surface area contributed by atoms with Crippen molar-refractivity contribution in [3.05, 3.63) is 0 Å². The predicted molar refractivity (Wildman–Crippen MR) is 54.2 cm³/mol. The van der Waals surface area contributed by atoms with Crippen molar-refractivity contribution in [3.63, 3.8) is 0 Å². The first-order valence-corrected chi connectivity index (χ1v) is 4.97.